The van der Waals surface area contributed by atoms with E-state index in [1.807, 2.05) is 25.1 Å². The molecule has 1 aliphatic carbocycles. The van der Waals surface area contributed by atoms with Gasteiger partial charge in [-0.05, 0) is 81.0 Å². The number of aromatic carboxylic acids is 1. The molecular weight excluding hydrogens is 659 g/mol. The van der Waals surface area contributed by atoms with Crippen LogP contribution in [0.2, 0.25) is 0 Å². The number of halogens is 2. The van der Waals surface area contributed by atoms with Gasteiger partial charge in [0.2, 0.25) is 5.84 Å². The molecule has 14 nitrogen and oxygen atoms in total. The summed E-state index contributed by atoms with van der Waals surface area (Å²) in [5.74, 6) is -1.95. The molecule has 1 aliphatic heterocycles. The molecule has 16 heteroatoms. The molecule has 0 unspecified atom stereocenters. The van der Waals surface area contributed by atoms with E-state index in [1.165, 1.54) is 0 Å². The molecule has 2 aliphatic rings. The number of esters is 1. The average molecular weight is 693 g/mol. The Morgan fingerprint density at radius 2 is 2.02 bits per heavy atom. The van der Waals surface area contributed by atoms with Gasteiger partial charge >= 0.3 is 11.9 Å². The predicted octanol–water partition coefficient (Wildman–Crippen LogP) is 4.85. The maximum Gasteiger partial charge on any atom is 0.354 e. The van der Waals surface area contributed by atoms with Crippen LogP contribution in [0.4, 0.5) is 10.1 Å². The van der Waals surface area contributed by atoms with Crippen LogP contribution >= 0.6 is 12.4 Å². The summed E-state index contributed by atoms with van der Waals surface area (Å²) in [4.78, 5) is 43.6. The first kappa shape index (κ1) is 36.2. The number of nitrogens with zero attached hydrogens (tertiary/aromatic N) is 5. The van der Waals surface area contributed by atoms with Gasteiger partial charge in [-0.15, -0.1) is 17.4 Å². The second-order valence-corrected chi connectivity index (χ2v) is 12.0. The number of carbonyl (C=O) groups is 3. The number of rotatable bonds is 5. The minimum atomic E-state index is -1.39. The molecule has 0 bridgehead atoms. The van der Waals surface area contributed by atoms with Crippen LogP contribution in [0.15, 0.2) is 47.7 Å². The third-order valence-electron chi connectivity index (χ3n) is 7.59. The Bertz CT molecular complexity index is 2020. The Balaban J connectivity index is 0.000000283. The normalized spacial score (nSPS) is 15.3. The predicted molar refractivity (Wildman–Crippen MR) is 180 cm³/mol. The van der Waals surface area contributed by atoms with Crippen molar-refractivity contribution in [1.29, 1.82) is 0 Å². The molecule has 2 aromatic carbocycles. The number of anilines is 1. The number of amides is 1. The van der Waals surface area contributed by atoms with Crippen molar-refractivity contribution in [1.82, 2.24) is 19.9 Å². The van der Waals surface area contributed by atoms with Crippen LogP contribution in [0.5, 0.6) is 5.75 Å². The van der Waals surface area contributed by atoms with Gasteiger partial charge in [0.25, 0.3) is 5.91 Å². The smallest absolute Gasteiger partial charge is 0.354 e. The minimum absolute atomic E-state index is 0. The second kappa shape index (κ2) is 14.7. The van der Waals surface area contributed by atoms with Gasteiger partial charge in [-0.25, -0.2) is 23.5 Å². The lowest BCUT2D eigenvalue weighted by Gasteiger charge is -2.21. The third-order valence-corrected chi connectivity index (χ3v) is 7.59. The standard InChI is InChI=1S/C23H23FN4O5.C10H10N4O.ClH/c1-11-12-7-8-16(14(12)6-5-13(11)22(32)33-23(2,3)4)27-20(29)18-9-17(21(30)31)26-19-15(24)10-25-28(18)19;1-12-14-10-6-15-9-3-2-7(5-11)4-8(9)13-10;/h5-6,9-10,16H,7-8H2,1-4H3,(H,27,29)(H,30,31);2-4H,5-6,11H2,(H,13,14);1H/t16-;;/m0../s1. The number of benzene rings is 2. The highest BCUT2D eigenvalue weighted by Crippen LogP contribution is 2.35. The molecule has 0 spiro atoms. The lowest BCUT2D eigenvalue weighted by atomic mass is 9.97. The summed E-state index contributed by atoms with van der Waals surface area (Å²) in [5.41, 5.74) is 8.88. The molecule has 5 N–H and O–H groups in total. The molecule has 0 fully saturated rings. The summed E-state index contributed by atoms with van der Waals surface area (Å²) in [7, 11) is 0. The first-order valence-electron chi connectivity index (χ1n) is 14.9. The van der Waals surface area contributed by atoms with E-state index < -0.39 is 35.0 Å². The van der Waals surface area contributed by atoms with Crippen molar-refractivity contribution >= 4 is 47.4 Å². The third kappa shape index (κ3) is 7.94. The number of nitrogens with one attached hydrogen (secondary N) is 2. The Morgan fingerprint density at radius 3 is 2.69 bits per heavy atom. The van der Waals surface area contributed by atoms with E-state index in [9.17, 15) is 23.9 Å². The lowest BCUT2D eigenvalue weighted by molar-refractivity contribution is 0.00682. The van der Waals surface area contributed by atoms with Gasteiger partial charge in [0.1, 0.15) is 22.1 Å². The van der Waals surface area contributed by atoms with Crippen LogP contribution in [0.1, 0.15) is 86.8 Å². The summed E-state index contributed by atoms with van der Waals surface area (Å²) in [5, 5.41) is 22.6. The van der Waals surface area contributed by atoms with Crippen LogP contribution in [-0.4, -0.2) is 55.6 Å². The quantitative estimate of drug-likeness (QED) is 0.128. The maximum atomic E-state index is 14.0. The number of ether oxygens (including phenoxy) is 2. The molecule has 49 heavy (non-hydrogen) atoms. The number of carbonyl (C=O) groups excluding carboxylic acids is 2. The number of nitrogens with two attached hydrogens (primary N) is 1. The minimum Gasteiger partial charge on any atom is -0.483 e. The van der Waals surface area contributed by atoms with E-state index >= 15 is 0 Å². The van der Waals surface area contributed by atoms with Crippen LogP contribution in [0.25, 0.3) is 10.6 Å². The van der Waals surface area contributed by atoms with Crippen molar-refractivity contribution in [2.24, 2.45) is 10.8 Å². The first-order chi connectivity index (χ1) is 22.8. The lowest BCUT2D eigenvalue weighted by Crippen LogP contribution is -2.29. The van der Waals surface area contributed by atoms with Gasteiger partial charge in [0, 0.05) is 12.6 Å². The van der Waals surface area contributed by atoms with Crippen LogP contribution in [-0.2, 0) is 17.7 Å². The van der Waals surface area contributed by atoms with Crippen molar-refractivity contribution in [2.75, 3.05) is 11.9 Å². The van der Waals surface area contributed by atoms with Gasteiger partial charge in [-0.3, -0.25) is 4.79 Å². The molecule has 256 valence electrons. The fourth-order valence-corrected chi connectivity index (χ4v) is 5.40. The average Bonchev–Trinajstić information content (AvgIpc) is 3.63. The molecule has 4 aromatic rings. The molecular formula is C33H34ClFN8O6. The SMILES string of the molecule is Cc1c(C(=O)OC(C)(C)C)ccc2c1CC[C@@H]2NC(=O)c1cc(C(=O)O)nc2c(F)cnn12.Cl.[C-]#[N+]/N=C1\COc2ccc(CN)cc2N1. The van der Waals surface area contributed by atoms with E-state index in [0.717, 1.165) is 50.5 Å². The van der Waals surface area contributed by atoms with E-state index in [1.54, 1.807) is 32.9 Å². The van der Waals surface area contributed by atoms with Crippen molar-refractivity contribution in [2.45, 2.75) is 58.7 Å². The largest absolute Gasteiger partial charge is 0.483 e. The summed E-state index contributed by atoms with van der Waals surface area (Å²) in [6, 6.07) is 9.84. The Kier molecular flexibility index (Phi) is 10.9. The Labute approximate surface area is 286 Å². The number of amidine groups is 1. The summed E-state index contributed by atoms with van der Waals surface area (Å²) >= 11 is 0. The first-order valence-corrected chi connectivity index (χ1v) is 14.9. The van der Waals surface area contributed by atoms with Crippen LogP contribution in [0, 0.1) is 19.3 Å². The number of fused-ring (bicyclic) bond motifs is 3. The highest BCUT2D eigenvalue weighted by molar-refractivity contribution is 6.00. The number of hydrogen-bond acceptors (Lipinski definition) is 9. The zero-order valence-corrected chi connectivity index (χ0v) is 27.9. The summed E-state index contributed by atoms with van der Waals surface area (Å²) in [6.07, 6.45) is 2.11. The van der Waals surface area contributed by atoms with Crippen molar-refractivity contribution in [3.05, 3.63) is 99.1 Å². The maximum absolute atomic E-state index is 14.0. The molecule has 0 saturated carbocycles. The molecule has 1 atom stereocenters. The fourth-order valence-electron chi connectivity index (χ4n) is 5.40. The molecule has 0 saturated heterocycles. The molecule has 6 rings (SSSR count). The number of aromatic nitrogens is 3. The van der Waals surface area contributed by atoms with Gasteiger partial charge in [0.05, 0.1) is 23.5 Å². The van der Waals surface area contributed by atoms with Crippen molar-refractivity contribution in [3.63, 3.8) is 0 Å². The monoisotopic (exact) mass is 692 g/mol. The number of carboxylic acid groups (broad SMARTS) is 1. The van der Waals surface area contributed by atoms with E-state index in [4.69, 9.17) is 21.8 Å². The van der Waals surface area contributed by atoms with Gasteiger partial charge in [-0.2, -0.15) is 11.7 Å². The Morgan fingerprint density at radius 1 is 1.27 bits per heavy atom. The molecule has 2 aromatic heterocycles. The van der Waals surface area contributed by atoms with E-state index in [-0.39, 0.29) is 29.8 Å². The highest BCUT2D eigenvalue weighted by Gasteiger charge is 2.30. The van der Waals surface area contributed by atoms with Gasteiger partial charge < -0.3 is 30.9 Å². The van der Waals surface area contributed by atoms with Crippen molar-refractivity contribution in [3.8, 4) is 5.75 Å². The Hall–Kier alpha value is -5.59. The second-order valence-electron chi connectivity index (χ2n) is 12.0. The molecule has 3 heterocycles. The highest BCUT2D eigenvalue weighted by atomic mass is 35.5. The number of hydrogen-bond donors (Lipinski definition) is 4. The molecule has 1 amide bonds. The fraction of sp³-hybridized carbons (Fsp3) is 0.303. The molecule has 0 radical (unpaired) electrons. The van der Waals surface area contributed by atoms with E-state index in [2.05, 4.69) is 30.8 Å². The van der Waals surface area contributed by atoms with E-state index in [0.29, 0.717) is 37.4 Å². The zero-order valence-electron chi connectivity index (χ0n) is 27.0. The summed E-state index contributed by atoms with van der Waals surface area (Å²) < 4.78 is 25.8. The van der Waals surface area contributed by atoms with Gasteiger partial charge in [-0.1, -0.05) is 12.1 Å². The van der Waals surface area contributed by atoms with Crippen LogP contribution in [0.3, 0.4) is 0 Å². The van der Waals surface area contributed by atoms with Crippen LogP contribution < -0.4 is 21.1 Å². The zero-order chi connectivity index (χ0) is 34.7. The topological polar surface area (TPSA) is 187 Å². The van der Waals surface area contributed by atoms with Crippen molar-refractivity contribution < 1.29 is 33.4 Å². The van der Waals surface area contributed by atoms with Gasteiger partial charge in [0.15, 0.2) is 23.8 Å². The summed E-state index contributed by atoms with van der Waals surface area (Å²) in [6.45, 7) is 14.7. The number of carboxylic acids is 1.